The number of nitrogens with zero attached hydrogens (tertiary/aromatic N) is 3. The second kappa shape index (κ2) is 7.22. The number of hydrogen-bond acceptors (Lipinski definition) is 5. The highest BCUT2D eigenvalue weighted by molar-refractivity contribution is 6.45. The predicted molar refractivity (Wildman–Crippen MR) is 105 cm³/mol. The van der Waals surface area contributed by atoms with Gasteiger partial charge in [0.1, 0.15) is 0 Å². The fourth-order valence-electron chi connectivity index (χ4n) is 3.82. The van der Waals surface area contributed by atoms with E-state index in [2.05, 4.69) is 0 Å². The summed E-state index contributed by atoms with van der Waals surface area (Å²) in [7, 11) is 1.88. The van der Waals surface area contributed by atoms with Crippen molar-refractivity contribution >= 4 is 29.3 Å². The molecule has 1 aromatic rings. The summed E-state index contributed by atoms with van der Waals surface area (Å²) in [5.74, 6) is -2.19. The molecular formula is C21H25N3O4. The second-order valence-electron chi connectivity index (χ2n) is 7.68. The van der Waals surface area contributed by atoms with Gasteiger partial charge < -0.3 is 4.90 Å². The van der Waals surface area contributed by atoms with Crippen molar-refractivity contribution in [1.29, 1.82) is 0 Å². The van der Waals surface area contributed by atoms with Crippen LogP contribution in [0.2, 0.25) is 0 Å². The van der Waals surface area contributed by atoms with E-state index in [0.717, 1.165) is 33.2 Å². The highest BCUT2D eigenvalue weighted by atomic mass is 16.2. The zero-order chi connectivity index (χ0) is 20.6. The number of hydrogen-bond donors (Lipinski definition) is 0. The number of allylic oxidation sites excluding steroid dienone is 1. The van der Waals surface area contributed by atoms with Crippen LogP contribution >= 0.6 is 0 Å². The number of imide groups is 2. The number of amides is 4. The number of rotatable bonds is 6. The molecule has 0 bridgehead atoms. The van der Waals surface area contributed by atoms with Crippen molar-refractivity contribution in [3.63, 3.8) is 0 Å². The Morgan fingerprint density at radius 3 is 2.36 bits per heavy atom. The van der Waals surface area contributed by atoms with Gasteiger partial charge in [0.15, 0.2) is 5.78 Å². The van der Waals surface area contributed by atoms with Crippen molar-refractivity contribution < 1.29 is 19.2 Å². The quantitative estimate of drug-likeness (QED) is 0.428. The Kier molecular flexibility index (Phi) is 5.10. The number of anilines is 1. The van der Waals surface area contributed by atoms with Crippen molar-refractivity contribution in [2.75, 3.05) is 25.0 Å². The topological polar surface area (TPSA) is 78.0 Å². The zero-order valence-corrected chi connectivity index (χ0v) is 16.7. The molecule has 1 aromatic carbocycles. The molecule has 2 aliphatic rings. The third-order valence-electron chi connectivity index (χ3n) is 5.42. The number of benzene rings is 1. The summed E-state index contributed by atoms with van der Waals surface area (Å²) in [5, 5.41) is 0. The molecular weight excluding hydrogens is 358 g/mol. The molecule has 7 heteroatoms. The molecule has 0 unspecified atom stereocenters. The van der Waals surface area contributed by atoms with Crippen LogP contribution in [0, 0.1) is 0 Å². The van der Waals surface area contributed by atoms with Crippen molar-refractivity contribution in [3.8, 4) is 0 Å². The van der Waals surface area contributed by atoms with Gasteiger partial charge in [-0.15, -0.1) is 0 Å². The van der Waals surface area contributed by atoms with E-state index in [9.17, 15) is 19.2 Å². The molecule has 0 atom stereocenters. The van der Waals surface area contributed by atoms with Gasteiger partial charge in [-0.25, -0.2) is 9.69 Å². The summed E-state index contributed by atoms with van der Waals surface area (Å²) in [6.45, 7) is 5.73. The largest absolute Gasteiger partial charge is 0.347 e. The maximum Gasteiger partial charge on any atom is 0.334 e. The number of unbranched alkanes of at least 4 members (excludes halogenated alkanes) is 1. The minimum absolute atomic E-state index is 0.191. The number of ketones is 1. The average Bonchev–Trinajstić information content (AvgIpc) is 2.98. The molecule has 0 spiro atoms. The fourth-order valence-corrected chi connectivity index (χ4v) is 3.82. The SMILES string of the molecule is CCCCN1C(=O)C(=O)N(CC(=O)/C=C2\N(C)c3ccccc3C2(C)C)C1=O. The van der Waals surface area contributed by atoms with Crippen molar-refractivity contribution in [2.45, 2.75) is 39.0 Å². The van der Waals surface area contributed by atoms with Gasteiger partial charge in [-0.3, -0.25) is 19.3 Å². The Bertz CT molecular complexity index is 887. The standard InChI is InChI=1S/C21H25N3O4/c1-5-6-11-23-18(26)19(27)24(20(23)28)13-14(25)12-17-21(2,3)15-9-7-8-10-16(15)22(17)4/h7-10,12H,5-6,11,13H2,1-4H3/b17-12-. The molecule has 148 valence electrons. The van der Waals surface area contributed by atoms with Gasteiger partial charge in [-0.05, 0) is 18.1 Å². The highest BCUT2D eigenvalue weighted by Crippen LogP contribution is 2.46. The lowest BCUT2D eigenvalue weighted by molar-refractivity contribution is -0.143. The van der Waals surface area contributed by atoms with Crippen molar-refractivity contribution in [1.82, 2.24) is 9.80 Å². The molecule has 28 heavy (non-hydrogen) atoms. The maximum atomic E-state index is 12.7. The van der Waals surface area contributed by atoms with E-state index in [1.165, 1.54) is 6.08 Å². The minimum atomic E-state index is -0.935. The van der Waals surface area contributed by atoms with E-state index in [0.29, 0.717) is 6.42 Å². The average molecular weight is 383 g/mol. The Hall–Kier alpha value is -2.96. The van der Waals surface area contributed by atoms with E-state index in [1.54, 1.807) is 0 Å². The summed E-state index contributed by atoms with van der Waals surface area (Å²) in [6.07, 6.45) is 2.88. The molecule has 0 saturated carbocycles. The van der Waals surface area contributed by atoms with E-state index >= 15 is 0 Å². The first kappa shape index (κ1) is 19.8. The summed E-state index contributed by atoms with van der Waals surface area (Å²) in [6, 6.07) is 7.19. The van der Waals surface area contributed by atoms with Crippen LogP contribution in [0.4, 0.5) is 10.5 Å². The van der Waals surface area contributed by atoms with Crippen LogP contribution in [0.5, 0.6) is 0 Å². The smallest absolute Gasteiger partial charge is 0.334 e. The van der Waals surface area contributed by atoms with Gasteiger partial charge in [0.25, 0.3) is 0 Å². The second-order valence-corrected chi connectivity index (χ2v) is 7.68. The lowest BCUT2D eigenvalue weighted by Gasteiger charge is -2.24. The summed E-state index contributed by atoms with van der Waals surface area (Å²) >= 11 is 0. The monoisotopic (exact) mass is 383 g/mol. The predicted octanol–water partition coefficient (Wildman–Crippen LogP) is 2.46. The maximum absolute atomic E-state index is 12.7. The lowest BCUT2D eigenvalue weighted by atomic mass is 9.83. The molecule has 1 fully saturated rings. The molecule has 0 aromatic heterocycles. The Balaban J connectivity index is 1.80. The molecule has 2 aliphatic heterocycles. The van der Waals surface area contributed by atoms with Crippen LogP contribution in [0.15, 0.2) is 36.0 Å². The van der Waals surface area contributed by atoms with Gasteiger partial charge in [0.2, 0.25) is 0 Å². The van der Waals surface area contributed by atoms with E-state index in [-0.39, 0.29) is 12.0 Å². The number of likely N-dealkylation sites (N-methyl/N-ethyl adjacent to an activating group) is 1. The van der Waals surface area contributed by atoms with E-state index in [4.69, 9.17) is 0 Å². The summed E-state index contributed by atoms with van der Waals surface area (Å²) < 4.78 is 0. The fraction of sp³-hybridized carbons (Fsp3) is 0.429. The summed E-state index contributed by atoms with van der Waals surface area (Å²) in [5.41, 5.74) is 2.52. The molecule has 0 radical (unpaired) electrons. The number of urea groups is 1. The summed E-state index contributed by atoms with van der Waals surface area (Å²) in [4.78, 5) is 52.9. The zero-order valence-electron chi connectivity index (χ0n) is 16.7. The van der Waals surface area contributed by atoms with Gasteiger partial charge in [0, 0.05) is 36.5 Å². The molecule has 7 nitrogen and oxygen atoms in total. The molecule has 0 N–H and O–H groups in total. The first-order valence-corrected chi connectivity index (χ1v) is 9.45. The van der Waals surface area contributed by atoms with Crippen LogP contribution in [0.25, 0.3) is 0 Å². The van der Waals surface area contributed by atoms with Crippen molar-refractivity contribution in [3.05, 3.63) is 41.6 Å². The molecule has 0 aliphatic carbocycles. The van der Waals surface area contributed by atoms with Gasteiger partial charge in [-0.1, -0.05) is 45.4 Å². The van der Waals surface area contributed by atoms with Crippen LogP contribution in [0.1, 0.15) is 39.2 Å². The molecule has 3 rings (SSSR count). The molecule has 2 heterocycles. The molecule has 1 saturated heterocycles. The number of para-hydroxylation sites is 1. The van der Waals surface area contributed by atoms with E-state index < -0.39 is 30.2 Å². The Morgan fingerprint density at radius 1 is 1.07 bits per heavy atom. The lowest BCUT2D eigenvalue weighted by Crippen LogP contribution is -2.37. The number of fused-ring (bicyclic) bond motifs is 1. The minimum Gasteiger partial charge on any atom is -0.347 e. The van der Waals surface area contributed by atoms with Gasteiger partial charge >= 0.3 is 17.8 Å². The normalized spacial score (nSPS) is 19.8. The van der Waals surface area contributed by atoms with Crippen LogP contribution < -0.4 is 4.90 Å². The first-order valence-electron chi connectivity index (χ1n) is 9.45. The third kappa shape index (κ3) is 3.10. The third-order valence-corrected chi connectivity index (χ3v) is 5.42. The van der Waals surface area contributed by atoms with Crippen LogP contribution in [0.3, 0.4) is 0 Å². The number of carbonyl (C=O) groups excluding carboxylic acids is 4. The van der Waals surface area contributed by atoms with Gasteiger partial charge in [0.05, 0.1) is 6.54 Å². The van der Waals surface area contributed by atoms with Crippen LogP contribution in [-0.2, 0) is 19.8 Å². The highest BCUT2D eigenvalue weighted by Gasteiger charge is 2.45. The number of carbonyl (C=O) groups is 4. The Labute approximate surface area is 164 Å². The molecule has 4 amide bonds. The Morgan fingerprint density at radius 2 is 1.71 bits per heavy atom. The first-order chi connectivity index (χ1) is 13.2. The van der Waals surface area contributed by atoms with E-state index in [1.807, 2.05) is 57.0 Å². The van der Waals surface area contributed by atoms with Gasteiger partial charge in [-0.2, -0.15) is 0 Å². The van der Waals surface area contributed by atoms with Crippen molar-refractivity contribution in [2.24, 2.45) is 0 Å². The van der Waals surface area contributed by atoms with Crippen LogP contribution in [-0.4, -0.2) is 53.6 Å².